The zero-order valence-electron chi connectivity index (χ0n) is 12.3. The minimum Gasteiger partial charge on any atom is -0.493 e. The fraction of sp³-hybridized carbons (Fsp3) is 0.429. The van der Waals surface area contributed by atoms with E-state index in [1.54, 1.807) is 0 Å². The van der Waals surface area contributed by atoms with Crippen molar-refractivity contribution in [1.82, 2.24) is 5.32 Å². The van der Waals surface area contributed by atoms with Crippen molar-refractivity contribution in [2.45, 2.75) is 13.8 Å². The van der Waals surface area contributed by atoms with Gasteiger partial charge >= 0.3 is 5.97 Å². The van der Waals surface area contributed by atoms with E-state index in [1.165, 1.54) is 34.1 Å². The Morgan fingerprint density at radius 1 is 1.29 bits per heavy atom. The number of ether oxygens (including phenoxy) is 2. The van der Waals surface area contributed by atoms with Crippen molar-refractivity contribution < 1.29 is 28.6 Å². The standard InChI is InChI=1S/C14H18FNO5/c1-14(2,13(18)19)7-16-12(17)10-8(15)5-6-9(20-3)11(10)21-4/h5-6H,7H2,1-4H3,(H,16,17)(H,18,19). The van der Waals surface area contributed by atoms with Crippen molar-refractivity contribution in [2.24, 2.45) is 5.41 Å². The van der Waals surface area contributed by atoms with Gasteiger partial charge in [0.2, 0.25) is 0 Å². The summed E-state index contributed by atoms with van der Waals surface area (Å²) in [6, 6.07) is 2.42. The number of carboxylic acids is 1. The van der Waals surface area contributed by atoms with E-state index in [-0.39, 0.29) is 23.6 Å². The number of rotatable bonds is 6. The van der Waals surface area contributed by atoms with Crippen LogP contribution in [0.3, 0.4) is 0 Å². The summed E-state index contributed by atoms with van der Waals surface area (Å²) in [4.78, 5) is 23.1. The van der Waals surface area contributed by atoms with Gasteiger partial charge in [0.05, 0.1) is 19.6 Å². The molecular weight excluding hydrogens is 281 g/mol. The first kappa shape index (κ1) is 16.7. The number of carbonyl (C=O) groups excluding carboxylic acids is 1. The van der Waals surface area contributed by atoms with Crippen LogP contribution in [-0.2, 0) is 4.79 Å². The van der Waals surface area contributed by atoms with E-state index < -0.39 is 23.1 Å². The van der Waals surface area contributed by atoms with Gasteiger partial charge in [-0.25, -0.2) is 4.39 Å². The third-order valence-electron chi connectivity index (χ3n) is 2.99. The van der Waals surface area contributed by atoms with Gasteiger partial charge in [-0.05, 0) is 26.0 Å². The molecule has 0 saturated carbocycles. The van der Waals surface area contributed by atoms with Crippen LogP contribution >= 0.6 is 0 Å². The normalized spacial score (nSPS) is 10.9. The average molecular weight is 299 g/mol. The summed E-state index contributed by atoms with van der Waals surface area (Å²) < 4.78 is 23.9. The number of carbonyl (C=O) groups is 2. The molecule has 1 amide bonds. The number of aliphatic carboxylic acids is 1. The van der Waals surface area contributed by atoms with Gasteiger partial charge in [0.1, 0.15) is 11.4 Å². The van der Waals surface area contributed by atoms with Crippen molar-refractivity contribution in [3.05, 3.63) is 23.5 Å². The molecule has 21 heavy (non-hydrogen) atoms. The third kappa shape index (κ3) is 3.62. The molecule has 7 heteroatoms. The molecule has 0 unspecified atom stereocenters. The molecule has 0 aromatic heterocycles. The zero-order valence-corrected chi connectivity index (χ0v) is 12.3. The van der Waals surface area contributed by atoms with Crippen molar-refractivity contribution in [2.75, 3.05) is 20.8 Å². The summed E-state index contributed by atoms with van der Waals surface area (Å²) in [6.07, 6.45) is 0. The zero-order chi connectivity index (χ0) is 16.2. The Labute approximate surface area is 121 Å². The van der Waals surface area contributed by atoms with E-state index in [9.17, 15) is 14.0 Å². The van der Waals surface area contributed by atoms with Gasteiger partial charge < -0.3 is 19.9 Å². The number of carboxylic acid groups (broad SMARTS) is 1. The van der Waals surface area contributed by atoms with Gasteiger partial charge in [0.25, 0.3) is 5.91 Å². The summed E-state index contributed by atoms with van der Waals surface area (Å²) >= 11 is 0. The van der Waals surface area contributed by atoms with Crippen LogP contribution in [0.5, 0.6) is 11.5 Å². The van der Waals surface area contributed by atoms with Gasteiger partial charge in [-0.1, -0.05) is 0 Å². The molecule has 116 valence electrons. The molecule has 1 aromatic carbocycles. The van der Waals surface area contributed by atoms with Crippen LogP contribution in [0.4, 0.5) is 4.39 Å². The minimum absolute atomic E-state index is 0.0388. The molecule has 0 bridgehead atoms. The highest BCUT2D eigenvalue weighted by Crippen LogP contribution is 2.32. The maximum atomic E-state index is 13.9. The molecule has 0 aliphatic carbocycles. The topological polar surface area (TPSA) is 84.9 Å². The highest BCUT2D eigenvalue weighted by atomic mass is 19.1. The maximum absolute atomic E-state index is 13.9. The van der Waals surface area contributed by atoms with Crippen LogP contribution < -0.4 is 14.8 Å². The van der Waals surface area contributed by atoms with E-state index in [4.69, 9.17) is 14.6 Å². The van der Waals surface area contributed by atoms with Gasteiger partial charge in [-0.15, -0.1) is 0 Å². The summed E-state index contributed by atoms with van der Waals surface area (Å²) in [5.74, 6) is -2.44. The first-order chi connectivity index (χ1) is 9.74. The second kappa shape index (κ2) is 6.43. The van der Waals surface area contributed by atoms with E-state index in [0.717, 1.165) is 6.07 Å². The molecule has 0 fully saturated rings. The van der Waals surface area contributed by atoms with Crippen LogP contribution in [0.15, 0.2) is 12.1 Å². The Morgan fingerprint density at radius 2 is 1.90 bits per heavy atom. The number of halogens is 1. The van der Waals surface area contributed by atoms with Crippen molar-refractivity contribution in [3.8, 4) is 11.5 Å². The Kier molecular flexibility index (Phi) is 5.12. The Hall–Kier alpha value is -2.31. The lowest BCUT2D eigenvalue weighted by Crippen LogP contribution is -2.39. The molecule has 1 rings (SSSR count). The SMILES string of the molecule is COc1ccc(F)c(C(=O)NCC(C)(C)C(=O)O)c1OC. The van der Waals surface area contributed by atoms with Gasteiger partial charge in [-0.2, -0.15) is 0 Å². The molecule has 6 nitrogen and oxygen atoms in total. The largest absolute Gasteiger partial charge is 0.493 e. The number of nitrogens with one attached hydrogen (secondary N) is 1. The molecule has 2 N–H and O–H groups in total. The average Bonchev–Trinajstić information content (AvgIpc) is 2.44. The van der Waals surface area contributed by atoms with Crippen LogP contribution in [0.2, 0.25) is 0 Å². The summed E-state index contributed by atoms with van der Waals surface area (Å²) in [5, 5.41) is 11.4. The smallest absolute Gasteiger partial charge is 0.310 e. The first-order valence-corrected chi connectivity index (χ1v) is 6.16. The summed E-state index contributed by atoms with van der Waals surface area (Å²) in [5.41, 5.74) is -1.49. The molecule has 1 aromatic rings. The molecule has 0 spiro atoms. The maximum Gasteiger partial charge on any atom is 0.310 e. The van der Waals surface area contributed by atoms with Crippen LogP contribution in [0, 0.1) is 11.2 Å². The monoisotopic (exact) mass is 299 g/mol. The quantitative estimate of drug-likeness (QED) is 0.835. The molecule has 0 aliphatic heterocycles. The van der Waals surface area contributed by atoms with Gasteiger partial charge in [0.15, 0.2) is 11.5 Å². The van der Waals surface area contributed by atoms with Crippen molar-refractivity contribution >= 4 is 11.9 Å². The van der Waals surface area contributed by atoms with Crippen molar-refractivity contribution in [1.29, 1.82) is 0 Å². The Morgan fingerprint density at radius 3 is 2.38 bits per heavy atom. The number of methoxy groups -OCH3 is 2. The fourth-order valence-electron chi connectivity index (χ4n) is 1.58. The van der Waals surface area contributed by atoms with Crippen LogP contribution in [-0.4, -0.2) is 37.7 Å². The summed E-state index contributed by atoms with van der Waals surface area (Å²) in [6.45, 7) is 2.75. The van der Waals surface area contributed by atoms with Crippen LogP contribution in [0.1, 0.15) is 24.2 Å². The minimum atomic E-state index is -1.17. The lowest BCUT2D eigenvalue weighted by molar-refractivity contribution is -0.146. The highest BCUT2D eigenvalue weighted by Gasteiger charge is 2.29. The van der Waals surface area contributed by atoms with Gasteiger partial charge in [0, 0.05) is 6.54 Å². The molecule has 0 aliphatic rings. The van der Waals surface area contributed by atoms with E-state index in [1.807, 2.05) is 0 Å². The van der Waals surface area contributed by atoms with E-state index in [0.29, 0.717) is 0 Å². The molecule has 0 heterocycles. The van der Waals surface area contributed by atoms with E-state index in [2.05, 4.69) is 5.32 Å². The highest BCUT2D eigenvalue weighted by molar-refractivity contribution is 5.98. The fourth-order valence-corrected chi connectivity index (χ4v) is 1.58. The predicted molar refractivity (Wildman–Crippen MR) is 73.3 cm³/mol. The molecule has 0 atom stereocenters. The number of benzene rings is 1. The summed E-state index contributed by atoms with van der Waals surface area (Å²) in [7, 11) is 2.65. The first-order valence-electron chi connectivity index (χ1n) is 6.16. The molecular formula is C14H18FNO5. The third-order valence-corrected chi connectivity index (χ3v) is 2.99. The number of hydrogen-bond acceptors (Lipinski definition) is 4. The Balaban J connectivity index is 3.05. The van der Waals surface area contributed by atoms with Gasteiger partial charge in [-0.3, -0.25) is 9.59 Å². The van der Waals surface area contributed by atoms with Crippen molar-refractivity contribution in [3.63, 3.8) is 0 Å². The second-order valence-electron chi connectivity index (χ2n) is 5.03. The number of amides is 1. The van der Waals surface area contributed by atoms with Crippen LogP contribution in [0.25, 0.3) is 0 Å². The lowest BCUT2D eigenvalue weighted by atomic mass is 9.94. The molecule has 0 radical (unpaired) electrons. The predicted octanol–water partition coefficient (Wildman–Crippen LogP) is 1.68. The second-order valence-corrected chi connectivity index (χ2v) is 5.03. The Bertz CT molecular complexity index is 557. The lowest BCUT2D eigenvalue weighted by Gasteiger charge is -2.20. The molecule has 0 saturated heterocycles. The van der Waals surface area contributed by atoms with E-state index >= 15 is 0 Å². The number of hydrogen-bond donors (Lipinski definition) is 2.